The fraction of sp³-hybridized carbons (Fsp3) is 0.700. The molecule has 1 atom stereocenters. The minimum Gasteiger partial charge on any atom is -0.379 e. The quantitative estimate of drug-likeness (QED) is 0.441. The number of hydrogen-bond acceptors (Lipinski definition) is 3. The normalized spacial score (nSPS) is 12.1. The summed E-state index contributed by atoms with van der Waals surface area (Å²) in [7, 11) is 0. The predicted octanol–water partition coefficient (Wildman–Crippen LogP) is 0.433. The Morgan fingerprint density at radius 3 is 2.93 bits per heavy atom. The van der Waals surface area contributed by atoms with Gasteiger partial charge in [0, 0.05) is 6.54 Å². The van der Waals surface area contributed by atoms with Crippen LogP contribution in [0, 0.1) is 0 Å². The number of carbonyl (C=O) groups is 1. The van der Waals surface area contributed by atoms with E-state index in [-0.39, 0.29) is 5.91 Å². The van der Waals surface area contributed by atoms with Gasteiger partial charge in [0.25, 0.3) is 0 Å². The molecular weight excluding hydrogens is 180 g/mol. The number of hydrogen-bond donors (Lipinski definition) is 2. The van der Waals surface area contributed by atoms with E-state index in [2.05, 4.69) is 11.9 Å². The largest absolute Gasteiger partial charge is 0.379 e. The highest BCUT2D eigenvalue weighted by atomic mass is 16.5. The van der Waals surface area contributed by atoms with Crippen LogP contribution in [0.1, 0.15) is 19.8 Å². The maximum atomic E-state index is 11.2. The van der Waals surface area contributed by atoms with E-state index in [1.165, 1.54) is 0 Å². The van der Waals surface area contributed by atoms with Gasteiger partial charge in [-0.25, -0.2) is 0 Å². The fourth-order valence-corrected chi connectivity index (χ4v) is 0.832. The molecule has 0 aromatic carbocycles. The Bertz CT molecular complexity index is 172. The van der Waals surface area contributed by atoms with E-state index in [9.17, 15) is 4.79 Å². The SMILES string of the molecule is C=CCCOCCNC(=O)[C@H](N)CC. The van der Waals surface area contributed by atoms with Crippen molar-refractivity contribution in [2.75, 3.05) is 19.8 Å². The van der Waals surface area contributed by atoms with Crippen LogP contribution < -0.4 is 11.1 Å². The summed E-state index contributed by atoms with van der Waals surface area (Å²) < 4.78 is 5.21. The van der Waals surface area contributed by atoms with Crippen molar-refractivity contribution in [2.45, 2.75) is 25.8 Å². The van der Waals surface area contributed by atoms with Gasteiger partial charge in [-0.05, 0) is 12.8 Å². The van der Waals surface area contributed by atoms with Gasteiger partial charge in [-0.1, -0.05) is 13.0 Å². The summed E-state index contributed by atoms with van der Waals surface area (Å²) in [6, 6.07) is -0.400. The second kappa shape index (κ2) is 8.72. The predicted molar refractivity (Wildman–Crippen MR) is 56.9 cm³/mol. The molecule has 0 unspecified atom stereocenters. The Morgan fingerprint density at radius 1 is 1.64 bits per heavy atom. The van der Waals surface area contributed by atoms with Crippen LogP contribution in [-0.2, 0) is 9.53 Å². The van der Waals surface area contributed by atoms with Crippen molar-refractivity contribution in [2.24, 2.45) is 5.73 Å². The van der Waals surface area contributed by atoms with Gasteiger partial charge in [0.1, 0.15) is 0 Å². The first-order chi connectivity index (χ1) is 6.72. The molecule has 0 aromatic heterocycles. The average Bonchev–Trinajstić information content (AvgIpc) is 2.21. The van der Waals surface area contributed by atoms with Crippen molar-refractivity contribution in [1.82, 2.24) is 5.32 Å². The number of amides is 1. The second-order valence-electron chi connectivity index (χ2n) is 3.00. The van der Waals surface area contributed by atoms with E-state index in [0.717, 1.165) is 6.42 Å². The lowest BCUT2D eigenvalue weighted by Crippen LogP contribution is -2.41. The standard InChI is InChI=1S/C10H20N2O2/c1-3-5-7-14-8-6-12-10(13)9(11)4-2/h3,9H,1,4-8,11H2,2H3,(H,12,13)/t9-/m1/s1. The lowest BCUT2D eigenvalue weighted by atomic mass is 10.2. The van der Waals surface area contributed by atoms with Crippen LogP contribution in [0.15, 0.2) is 12.7 Å². The maximum Gasteiger partial charge on any atom is 0.236 e. The Hall–Kier alpha value is -0.870. The first-order valence-corrected chi connectivity index (χ1v) is 4.94. The first kappa shape index (κ1) is 13.1. The van der Waals surface area contributed by atoms with Crippen LogP contribution in [0.25, 0.3) is 0 Å². The summed E-state index contributed by atoms with van der Waals surface area (Å²) in [5, 5.41) is 2.70. The zero-order chi connectivity index (χ0) is 10.8. The van der Waals surface area contributed by atoms with Gasteiger partial charge in [0.05, 0.1) is 19.3 Å². The summed E-state index contributed by atoms with van der Waals surface area (Å²) in [4.78, 5) is 11.2. The molecule has 0 aliphatic rings. The molecule has 0 spiro atoms. The Kier molecular flexibility index (Phi) is 8.17. The number of nitrogens with one attached hydrogen (secondary N) is 1. The molecule has 0 heterocycles. The molecule has 0 radical (unpaired) electrons. The van der Waals surface area contributed by atoms with Crippen LogP contribution in [0.3, 0.4) is 0 Å². The Balaban J connectivity index is 3.27. The summed E-state index contributed by atoms with van der Waals surface area (Å²) in [6.07, 6.45) is 3.29. The van der Waals surface area contributed by atoms with Crippen molar-refractivity contribution in [3.63, 3.8) is 0 Å². The van der Waals surface area contributed by atoms with Crippen LogP contribution >= 0.6 is 0 Å². The van der Waals surface area contributed by atoms with Crippen molar-refractivity contribution in [3.05, 3.63) is 12.7 Å². The molecule has 4 heteroatoms. The zero-order valence-corrected chi connectivity index (χ0v) is 8.79. The van der Waals surface area contributed by atoms with Crippen molar-refractivity contribution < 1.29 is 9.53 Å². The monoisotopic (exact) mass is 200 g/mol. The Morgan fingerprint density at radius 2 is 2.36 bits per heavy atom. The Labute approximate surface area is 85.5 Å². The number of ether oxygens (including phenoxy) is 1. The zero-order valence-electron chi connectivity index (χ0n) is 8.79. The molecule has 0 aromatic rings. The van der Waals surface area contributed by atoms with E-state index in [1.54, 1.807) is 6.08 Å². The lowest BCUT2D eigenvalue weighted by molar-refractivity contribution is -0.122. The molecule has 0 saturated carbocycles. The van der Waals surface area contributed by atoms with Crippen molar-refractivity contribution in [3.8, 4) is 0 Å². The molecular formula is C10H20N2O2. The van der Waals surface area contributed by atoms with Gasteiger partial charge in [-0.3, -0.25) is 4.79 Å². The highest BCUT2D eigenvalue weighted by Crippen LogP contribution is 1.85. The summed E-state index contributed by atoms with van der Waals surface area (Å²) >= 11 is 0. The summed E-state index contributed by atoms with van der Waals surface area (Å²) in [5.74, 6) is -0.111. The van der Waals surface area contributed by atoms with E-state index in [0.29, 0.717) is 26.2 Å². The van der Waals surface area contributed by atoms with Gasteiger partial charge in [-0.2, -0.15) is 0 Å². The van der Waals surface area contributed by atoms with E-state index < -0.39 is 6.04 Å². The van der Waals surface area contributed by atoms with Crippen LogP contribution in [-0.4, -0.2) is 31.7 Å². The molecule has 0 aliphatic carbocycles. The third kappa shape index (κ3) is 6.62. The van der Waals surface area contributed by atoms with Crippen LogP contribution in [0.2, 0.25) is 0 Å². The maximum absolute atomic E-state index is 11.2. The number of rotatable bonds is 8. The third-order valence-corrected chi connectivity index (χ3v) is 1.79. The smallest absolute Gasteiger partial charge is 0.236 e. The van der Waals surface area contributed by atoms with Gasteiger partial charge >= 0.3 is 0 Å². The number of carbonyl (C=O) groups excluding carboxylic acids is 1. The average molecular weight is 200 g/mol. The summed E-state index contributed by atoms with van der Waals surface area (Å²) in [6.45, 7) is 7.15. The molecule has 0 saturated heterocycles. The highest BCUT2D eigenvalue weighted by molar-refractivity contribution is 5.81. The van der Waals surface area contributed by atoms with Crippen molar-refractivity contribution in [1.29, 1.82) is 0 Å². The molecule has 3 N–H and O–H groups in total. The molecule has 0 aliphatic heterocycles. The van der Waals surface area contributed by atoms with E-state index >= 15 is 0 Å². The van der Waals surface area contributed by atoms with Gasteiger partial charge in [0.15, 0.2) is 0 Å². The van der Waals surface area contributed by atoms with Crippen molar-refractivity contribution >= 4 is 5.91 Å². The van der Waals surface area contributed by atoms with Gasteiger partial charge in [0.2, 0.25) is 5.91 Å². The van der Waals surface area contributed by atoms with Gasteiger partial charge in [-0.15, -0.1) is 6.58 Å². The minimum absolute atomic E-state index is 0.111. The van der Waals surface area contributed by atoms with E-state index in [4.69, 9.17) is 10.5 Å². The van der Waals surface area contributed by atoms with Gasteiger partial charge < -0.3 is 15.8 Å². The molecule has 0 rings (SSSR count). The lowest BCUT2D eigenvalue weighted by Gasteiger charge is -2.09. The molecule has 82 valence electrons. The molecule has 14 heavy (non-hydrogen) atoms. The molecule has 0 fully saturated rings. The fourth-order valence-electron chi connectivity index (χ4n) is 0.832. The minimum atomic E-state index is -0.400. The second-order valence-corrected chi connectivity index (χ2v) is 3.00. The molecule has 0 bridgehead atoms. The topological polar surface area (TPSA) is 64.3 Å². The van der Waals surface area contributed by atoms with Crippen LogP contribution in [0.5, 0.6) is 0 Å². The molecule has 1 amide bonds. The third-order valence-electron chi connectivity index (χ3n) is 1.79. The number of nitrogens with two attached hydrogens (primary N) is 1. The summed E-state index contributed by atoms with van der Waals surface area (Å²) in [5.41, 5.74) is 5.51. The first-order valence-electron chi connectivity index (χ1n) is 4.94. The highest BCUT2D eigenvalue weighted by Gasteiger charge is 2.08. The van der Waals surface area contributed by atoms with Crippen LogP contribution in [0.4, 0.5) is 0 Å². The van der Waals surface area contributed by atoms with E-state index in [1.807, 2.05) is 6.92 Å². The molecule has 4 nitrogen and oxygen atoms in total.